The molecule has 4 rings (SSSR count). The second-order valence-corrected chi connectivity index (χ2v) is 9.46. The molecule has 2 heterocycles. The quantitative estimate of drug-likeness (QED) is 0.796. The van der Waals surface area contributed by atoms with Crippen molar-refractivity contribution >= 4 is 15.7 Å². The molecule has 0 saturated carbocycles. The number of amides is 1. The average Bonchev–Trinajstić information content (AvgIpc) is 2.74. The summed E-state index contributed by atoms with van der Waals surface area (Å²) in [5, 5.41) is 3.00. The predicted octanol–water partition coefficient (Wildman–Crippen LogP) is 1.55. The second kappa shape index (κ2) is 8.42. The summed E-state index contributed by atoms with van der Waals surface area (Å²) in [7, 11) is -3.03. The van der Waals surface area contributed by atoms with Gasteiger partial charge in [-0.15, -0.1) is 0 Å². The molecule has 2 aromatic rings. The van der Waals surface area contributed by atoms with Crippen LogP contribution in [0.1, 0.15) is 17.2 Å². The predicted molar refractivity (Wildman–Crippen MR) is 109 cm³/mol. The van der Waals surface area contributed by atoms with Crippen molar-refractivity contribution in [1.29, 1.82) is 0 Å². The fourth-order valence-electron chi connectivity index (χ4n) is 3.70. The number of carbonyl (C=O) groups excluding carboxylic acids is 1. The molecule has 154 valence electrons. The first kappa shape index (κ1) is 19.7. The lowest BCUT2D eigenvalue weighted by atomic mass is 10.0. The smallest absolute Gasteiger partial charge is 0.242 e. The molecular weight excluding hydrogens is 392 g/mol. The van der Waals surface area contributed by atoms with E-state index in [2.05, 4.69) is 5.32 Å². The maximum atomic E-state index is 13.2. The van der Waals surface area contributed by atoms with Crippen molar-refractivity contribution in [3.63, 3.8) is 0 Å². The van der Waals surface area contributed by atoms with Crippen molar-refractivity contribution < 1.29 is 22.7 Å². The first-order chi connectivity index (χ1) is 14.0. The van der Waals surface area contributed by atoms with Gasteiger partial charge in [0, 0.05) is 25.2 Å². The van der Waals surface area contributed by atoms with Crippen molar-refractivity contribution in [2.75, 3.05) is 37.8 Å². The van der Waals surface area contributed by atoms with Crippen molar-refractivity contribution in [1.82, 2.24) is 10.2 Å². The number of benzene rings is 2. The number of para-hydroxylation sites is 1. The minimum atomic E-state index is -3.03. The van der Waals surface area contributed by atoms with E-state index in [0.717, 1.165) is 11.1 Å². The third-order valence-corrected chi connectivity index (χ3v) is 6.82. The van der Waals surface area contributed by atoms with Crippen LogP contribution in [0.15, 0.2) is 48.5 Å². The highest BCUT2D eigenvalue weighted by Crippen LogP contribution is 2.33. The summed E-state index contributed by atoms with van der Waals surface area (Å²) in [6, 6.07) is 14.5. The third kappa shape index (κ3) is 4.54. The highest BCUT2D eigenvalue weighted by molar-refractivity contribution is 7.91. The Balaban J connectivity index is 1.52. The van der Waals surface area contributed by atoms with Crippen LogP contribution in [0.25, 0.3) is 0 Å². The van der Waals surface area contributed by atoms with Gasteiger partial charge in [-0.25, -0.2) is 8.42 Å². The lowest BCUT2D eigenvalue weighted by Crippen LogP contribution is -2.47. The van der Waals surface area contributed by atoms with Crippen LogP contribution >= 0.6 is 0 Å². The van der Waals surface area contributed by atoms with Gasteiger partial charge in [-0.05, 0) is 11.6 Å². The van der Waals surface area contributed by atoms with Crippen LogP contribution in [0.3, 0.4) is 0 Å². The molecular formula is C21H24N2O5S. The lowest BCUT2D eigenvalue weighted by molar-refractivity contribution is -0.126. The summed E-state index contributed by atoms with van der Waals surface area (Å²) in [6.45, 7) is 1.98. The zero-order valence-electron chi connectivity index (χ0n) is 16.0. The number of hydrogen-bond acceptors (Lipinski definition) is 6. The molecule has 0 spiro atoms. The Hall–Kier alpha value is -2.58. The van der Waals surface area contributed by atoms with Gasteiger partial charge < -0.3 is 14.8 Å². The average molecular weight is 416 g/mol. The number of fused-ring (bicyclic) bond motifs is 1. The van der Waals surface area contributed by atoms with Crippen LogP contribution in [0.4, 0.5) is 0 Å². The molecule has 1 atom stereocenters. The fraction of sp³-hybridized carbons (Fsp3) is 0.381. The SMILES string of the molecule is O=C(NCc1cccc2c1OCCO2)C(c1ccccc1)N1CCS(=O)(=O)CC1. The Kier molecular flexibility index (Phi) is 5.73. The van der Waals surface area contributed by atoms with Gasteiger partial charge >= 0.3 is 0 Å². The Labute approximate surface area is 170 Å². The monoisotopic (exact) mass is 416 g/mol. The summed E-state index contributed by atoms with van der Waals surface area (Å²) < 4.78 is 35.0. The zero-order chi connectivity index (χ0) is 20.3. The number of carbonyl (C=O) groups is 1. The first-order valence-electron chi connectivity index (χ1n) is 9.68. The molecule has 0 bridgehead atoms. The van der Waals surface area contributed by atoms with Gasteiger partial charge in [-0.2, -0.15) is 0 Å². The van der Waals surface area contributed by atoms with Gasteiger partial charge in [0.15, 0.2) is 21.3 Å². The zero-order valence-corrected chi connectivity index (χ0v) is 16.9. The van der Waals surface area contributed by atoms with Crippen LogP contribution in [0.5, 0.6) is 11.5 Å². The van der Waals surface area contributed by atoms with E-state index in [-0.39, 0.29) is 17.4 Å². The van der Waals surface area contributed by atoms with Crippen molar-refractivity contribution in [3.05, 3.63) is 59.7 Å². The molecule has 1 fully saturated rings. The van der Waals surface area contributed by atoms with E-state index >= 15 is 0 Å². The topological polar surface area (TPSA) is 84.9 Å². The summed E-state index contributed by atoms with van der Waals surface area (Å²) in [4.78, 5) is 15.1. The molecule has 1 N–H and O–H groups in total. The number of rotatable bonds is 5. The molecule has 0 aromatic heterocycles. The van der Waals surface area contributed by atoms with E-state index in [1.54, 1.807) is 0 Å². The molecule has 0 radical (unpaired) electrons. The van der Waals surface area contributed by atoms with E-state index in [9.17, 15) is 13.2 Å². The second-order valence-electron chi connectivity index (χ2n) is 7.16. The molecule has 1 saturated heterocycles. The summed E-state index contributed by atoms with van der Waals surface area (Å²) in [5.41, 5.74) is 1.70. The molecule has 7 nitrogen and oxygen atoms in total. The van der Waals surface area contributed by atoms with Crippen LogP contribution in [0.2, 0.25) is 0 Å². The van der Waals surface area contributed by atoms with E-state index in [1.165, 1.54) is 0 Å². The highest BCUT2D eigenvalue weighted by Gasteiger charge is 2.32. The maximum Gasteiger partial charge on any atom is 0.242 e. The fourth-order valence-corrected chi connectivity index (χ4v) is 4.93. The normalized spacial score (nSPS) is 19.3. The van der Waals surface area contributed by atoms with Crippen molar-refractivity contribution in [3.8, 4) is 11.5 Å². The lowest BCUT2D eigenvalue weighted by Gasteiger charge is -2.33. The first-order valence-corrected chi connectivity index (χ1v) is 11.5. The number of sulfone groups is 1. The molecule has 2 aromatic carbocycles. The van der Waals surface area contributed by atoms with Crippen LogP contribution < -0.4 is 14.8 Å². The molecule has 1 amide bonds. The van der Waals surface area contributed by atoms with E-state index < -0.39 is 15.9 Å². The maximum absolute atomic E-state index is 13.2. The van der Waals surface area contributed by atoms with Crippen molar-refractivity contribution in [2.45, 2.75) is 12.6 Å². The molecule has 1 unspecified atom stereocenters. The van der Waals surface area contributed by atoms with Gasteiger partial charge in [0.1, 0.15) is 19.3 Å². The number of ether oxygens (including phenoxy) is 2. The summed E-state index contributed by atoms with van der Waals surface area (Å²) >= 11 is 0. The Morgan fingerprint density at radius 2 is 1.72 bits per heavy atom. The Morgan fingerprint density at radius 1 is 1.00 bits per heavy atom. The van der Waals surface area contributed by atoms with Crippen LogP contribution in [-0.4, -0.2) is 57.0 Å². The Bertz CT molecular complexity index is 964. The van der Waals surface area contributed by atoms with Gasteiger partial charge in [0.05, 0.1) is 11.5 Å². The standard InChI is InChI=1S/C21H24N2O5S/c24-21(22-15-17-7-4-8-18-20(17)28-12-11-27-18)19(16-5-2-1-3-6-16)23-9-13-29(25,26)14-10-23/h1-8,19H,9-15H2,(H,22,24). The van der Waals surface area contributed by atoms with Gasteiger partial charge in [0.2, 0.25) is 5.91 Å². The van der Waals surface area contributed by atoms with Crippen LogP contribution in [-0.2, 0) is 21.2 Å². The van der Waals surface area contributed by atoms with Crippen molar-refractivity contribution in [2.24, 2.45) is 0 Å². The van der Waals surface area contributed by atoms with Gasteiger partial charge in [-0.1, -0.05) is 42.5 Å². The summed E-state index contributed by atoms with van der Waals surface area (Å²) in [5.74, 6) is 1.33. The molecule has 2 aliphatic heterocycles. The largest absolute Gasteiger partial charge is 0.486 e. The number of nitrogens with one attached hydrogen (secondary N) is 1. The van der Waals surface area contributed by atoms with E-state index in [1.807, 2.05) is 53.4 Å². The van der Waals surface area contributed by atoms with Crippen LogP contribution in [0, 0.1) is 0 Å². The van der Waals surface area contributed by atoms with E-state index in [0.29, 0.717) is 44.3 Å². The molecule has 0 aliphatic carbocycles. The highest BCUT2D eigenvalue weighted by atomic mass is 32.2. The number of hydrogen-bond donors (Lipinski definition) is 1. The van der Waals surface area contributed by atoms with Gasteiger partial charge in [-0.3, -0.25) is 9.69 Å². The molecule has 29 heavy (non-hydrogen) atoms. The van der Waals surface area contributed by atoms with E-state index in [4.69, 9.17) is 9.47 Å². The van der Waals surface area contributed by atoms with Gasteiger partial charge in [0.25, 0.3) is 0 Å². The summed E-state index contributed by atoms with van der Waals surface area (Å²) in [6.07, 6.45) is 0. The molecule has 8 heteroatoms. The Morgan fingerprint density at radius 3 is 2.48 bits per heavy atom. The molecule has 2 aliphatic rings. The minimum Gasteiger partial charge on any atom is -0.486 e. The minimum absolute atomic E-state index is 0.0704. The number of nitrogens with zero attached hydrogens (tertiary/aromatic N) is 1. The third-order valence-electron chi connectivity index (χ3n) is 5.21.